The lowest BCUT2D eigenvalue weighted by Gasteiger charge is -2.43. The Morgan fingerprint density at radius 1 is 1.08 bits per heavy atom. The molecule has 0 fully saturated rings. The summed E-state index contributed by atoms with van der Waals surface area (Å²) < 4.78 is 25.4. The minimum atomic E-state index is -1.22. The number of hydrogen-bond acceptors (Lipinski definition) is 6. The number of carbonyl (C=O) groups excluding carboxylic acids is 3. The van der Waals surface area contributed by atoms with E-state index in [0.717, 1.165) is 11.1 Å². The van der Waals surface area contributed by atoms with Gasteiger partial charge in [-0.05, 0) is 43.2 Å². The lowest BCUT2D eigenvalue weighted by molar-refractivity contribution is -0.133. The highest BCUT2D eigenvalue weighted by molar-refractivity contribution is 6.07. The highest BCUT2D eigenvalue weighted by Crippen LogP contribution is 2.30. The van der Waals surface area contributed by atoms with Crippen LogP contribution in [0.5, 0.6) is 11.5 Å². The van der Waals surface area contributed by atoms with Crippen LogP contribution in [0.25, 0.3) is 0 Å². The van der Waals surface area contributed by atoms with Gasteiger partial charge in [-0.2, -0.15) is 0 Å². The molecule has 206 valence electrons. The summed E-state index contributed by atoms with van der Waals surface area (Å²) >= 11 is 0. The van der Waals surface area contributed by atoms with Gasteiger partial charge in [-0.1, -0.05) is 19.1 Å². The number of hydrogen-bond donors (Lipinski definition) is 2. The second kappa shape index (κ2) is 11.5. The maximum absolute atomic E-state index is 13.7. The Labute approximate surface area is 226 Å². The van der Waals surface area contributed by atoms with Gasteiger partial charge in [-0.15, -0.1) is 0 Å². The first kappa shape index (κ1) is 27.6. The number of nitrogens with zero attached hydrogens (tertiary/aromatic N) is 3. The van der Waals surface area contributed by atoms with Gasteiger partial charge in [0, 0.05) is 31.3 Å². The fourth-order valence-corrected chi connectivity index (χ4v) is 4.66. The molecule has 1 aliphatic rings. The first-order chi connectivity index (χ1) is 18.7. The fraction of sp³-hybridized carbons (Fsp3) is 0.357. The predicted octanol–water partition coefficient (Wildman–Crippen LogP) is 2.91. The number of methoxy groups -OCH3 is 2. The van der Waals surface area contributed by atoms with Crippen molar-refractivity contribution < 1.29 is 28.2 Å². The Bertz CT molecular complexity index is 1370. The van der Waals surface area contributed by atoms with Gasteiger partial charge in [0.1, 0.15) is 28.5 Å². The van der Waals surface area contributed by atoms with E-state index in [2.05, 4.69) is 15.6 Å². The molecule has 1 aromatic heterocycles. The van der Waals surface area contributed by atoms with E-state index in [1.165, 1.54) is 30.5 Å². The second-order valence-electron chi connectivity index (χ2n) is 9.47. The quantitative estimate of drug-likeness (QED) is 0.411. The van der Waals surface area contributed by atoms with E-state index < -0.39 is 17.4 Å². The van der Waals surface area contributed by atoms with E-state index in [0.29, 0.717) is 24.5 Å². The molecule has 3 aromatic rings. The largest absolute Gasteiger partial charge is 0.497 e. The van der Waals surface area contributed by atoms with Crippen LogP contribution in [0.4, 0.5) is 4.39 Å². The van der Waals surface area contributed by atoms with Crippen molar-refractivity contribution in [3.05, 3.63) is 77.1 Å². The summed E-state index contributed by atoms with van der Waals surface area (Å²) in [5, 5.41) is 5.67. The predicted molar refractivity (Wildman–Crippen MR) is 141 cm³/mol. The molecule has 0 saturated carbocycles. The van der Waals surface area contributed by atoms with E-state index in [1.807, 2.05) is 6.92 Å². The first-order valence-electron chi connectivity index (χ1n) is 12.6. The number of nitrogens with one attached hydrogen (secondary N) is 2. The van der Waals surface area contributed by atoms with Crippen LogP contribution in [0, 0.1) is 5.82 Å². The van der Waals surface area contributed by atoms with Crippen LogP contribution in [0.2, 0.25) is 0 Å². The molecule has 0 bridgehead atoms. The summed E-state index contributed by atoms with van der Waals surface area (Å²) in [6.07, 6.45) is 2.02. The van der Waals surface area contributed by atoms with Gasteiger partial charge >= 0.3 is 0 Å². The fourth-order valence-electron chi connectivity index (χ4n) is 4.66. The standard InChI is InChI=1S/C28H32FN5O5/c1-5-12-34-26(36)24-23(25(35)30-15-19-8-11-21(38-3)13-22(19)39-4)32-17-33(24)16-28(34,2)27(37)31-14-18-6-9-20(29)10-7-18/h6-11,13,17H,5,12,14-16H2,1-4H3,(H,30,35)(H,31,37)/t28-/m1/s1. The lowest BCUT2D eigenvalue weighted by atomic mass is 9.94. The number of benzene rings is 2. The molecule has 2 N–H and O–H groups in total. The number of fused-ring (bicyclic) bond motifs is 1. The van der Waals surface area contributed by atoms with Gasteiger partial charge < -0.3 is 29.6 Å². The van der Waals surface area contributed by atoms with Crippen LogP contribution < -0.4 is 20.1 Å². The average Bonchev–Trinajstić information content (AvgIpc) is 3.37. The van der Waals surface area contributed by atoms with Crippen molar-refractivity contribution in [2.75, 3.05) is 20.8 Å². The highest BCUT2D eigenvalue weighted by atomic mass is 19.1. The number of imidazole rings is 1. The maximum atomic E-state index is 13.7. The van der Waals surface area contributed by atoms with Crippen molar-refractivity contribution in [2.24, 2.45) is 0 Å². The lowest BCUT2D eigenvalue weighted by Crippen LogP contribution is -2.64. The van der Waals surface area contributed by atoms with Crippen molar-refractivity contribution in [1.82, 2.24) is 25.1 Å². The van der Waals surface area contributed by atoms with Crippen molar-refractivity contribution in [3.8, 4) is 11.5 Å². The van der Waals surface area contributed by atoms with E-state index in [1.54, 1.807) is 48.9 Å². The Balaban J connectivity index is 1.53. The zero-order valence-corrected chi connectivity index (χ0v) is 22.4. The molecule has 1 aliphatic heterocycles. The van der Waals surface area contributed by atoms with Crippen molar-refractivity contribution in [1.29, 1.82) is 0 Å². The van der Waals surface area contributed by atoms with Gasteiger partial charge in [0.15, 0.2) is 5.69 Å². The maximum Gasteiger partial charge on any atom is 0.273 e. The summed E-state index contributed by atoms with van der Waals surface area (Å²) in [5.74, 6) is -0.515. The zero-order valence-electron chi connectivity index (χ0n) is 22.4. The first-order valence-corrected chi connectivity index (χ1v) is 12.6. The molecule has 2 heterocycles. The number of ether oxygens (including phenoxy) is 2. The minimum absolute atomic E-state index is 0.0117. The van der Waals surface area contributed by atoms with Crippen molar-refractivity contribution in [3.63, 3.8) is 0 Å². The smallest absolute Gasteiger partial charge is 0.273 e. The normalized spacial score (nSPS) is 16.4. The minimum Gasteiger partial charge on any atom is -0.497 e. The SMILES string of the molecule is CCCN1C(=O)c2c(C(=O)NCc3ccc(OC)cc3OC)ncn2C[C@]1(C)C(=O)NCc1ccc(F)cc1. The van der Waals surface area contributed by atoms with E-state index in [-0.39, 0.29) is 42.7 Å². The Kier molecular flexibility index (Phi) is 8.18. The van der Waals surface area contributed by atoms with Gasteiger partial charge in [0.2, 0.25) is 5.91 Å². The number of halogens is 1. The monoisotopic (exact) mass is 537 g/mol. The molecule has 0 radical (unpaired) electrons. The average molecular weight is 538 g/mol. The molecule has 39 heavy (non-hydrogen) atoms. The third kappa shape index (κ3) is 5.57. The summed E-state index contributed by atoms with van der Waals surface area (Å²) in [5.41, 5.74) is 0.358. The third-order valence-corrected chi connectivity index (χ3v) is 6.81. The van der Waals surface area contributed by atoms with Crippen LogP contribution in [-0.4, -0.2) is 58.5 Å². The molecule has 3 amide bonds. The second-order valence-corrected chi connectivity index (χ2v) is 9.47. The van der Waals surface area contributed by atoms with Gasteiger partial charge in [-0.3, -0.25) is 14.4 Å². The summed E-state index contributed by atoms with van der Waals surface area (Å²) in [4.78, 5) is 46.0. The molecule has 1 atom stereocenters. The Morgan fingerprint density at radius 3 is 2.49 bits per heavy atom. The molecule has 0 saturated heterocycles. The molecular formula is C28H32FN5O5. The van der Waals surface area contributed by atoms with Gasteiger partial charge in [0.05, 0.1) is 27.1 Å². The van der Waals surface area contributed by atoms with E-state index >= 15 is 0 Å². The topological polar surface area (TPSA) is 115 Å². The van der Waals surface area contributed by atoms with Crippen molar-refractivity contribution in [2.45, 2.75) is 45.4 Å². The van der Waals surface area contributed by atoms with E-state index in [4.69, 9.17) is 9.47 Å². The molecule has 11 heteroatoms. The number of aromatic nitrogens is 2. The molecule has 2 aromatic carbocycles. The molecule has 0 unspecified atom stereocenters. The molecule has 4 rings (SSSR count). The van der Waals surface area contributed by atoms with Crippen LogP contribution in [0.15, 0.2) is 48.8 Å². The van der Waals surface area contributed by atoms with Crippen molar-refractivity contribution >= 4 is 17.7 Å². The highest BCUT2D eigenvalue weighted by Gasteiger charge is 2.48. The number of carbonyl (C=O) groups is 3. The van der Waals surface area contributed by atoms with Crippen LogP contribution in [-0.2, 0) is 24.4 Å². The third-order valence-electron chi connectivity index (χ3n) is 6.81. The number of amides is 3. The van der Waals surface area contributed by atoms with Gasteiger partial charge in [0.25, 0.3) is 11.8 Å². The van der Waals surface area contributed by atoms with Crippen LogP contribution in [0.1, 0.15) is 52.4 Å². The van der Waals surface area contributed by atoms with Crippen LogP contribution >= 0.6 is 0 Å². The van der Waals surface area contributed by atoms with E-state index in [9.17, 15) is 18.8 Å². The molecule has 0 spiro atoms. The molecule has 10 nitrogen and oxygen atoms in total. The Hall–Kier alpha value is -4.41. The molecule has 0 aliphatic carbocycles. The van der Waals surface area contributed by atoms with Crippen LogP contribution in [0.3, 0.4) is 0 Å². The summed E-state index contributed by atoms with van der Waals surface area (Å²) in [6.45, 7) is 4.37. The zero-order chi connectivity index (χ0) is 28.2. The summed E-state index contributed by atoms with van der Waals surface area (Å²) in [6, 6.07) is 11.1. The number of rotatable bonds is 10. The summed E-state index contributed by atoms with van der Waals surface area (Å²) in [7, 11) is 3.08. The van der Waals surface area contributed by atoms with Gasteiger partial charge in [-0.25, -0.2) is 9.37 Å². The Morgan fingerprint density at radius 2 is 1.82 bits per heavy atom. The molecular weight excluding hydrogens is 505 g/mol.